The highest BCUT2D eigenvalue weighted by Gasteiger charge is 2.15. The molecule has 1 amide bonds. The second-order valence-corrected chi connectivity index (χ2v) is 10.8. The molecular formula is C32H25N3O5S. The molecule has 5 aromatic carbocycles. The maximum atomic E-state index is 12.7. The normalized spacial score (nSPS) is 11.3. The molecule has 0 saturated heterocycles. The SMILES string of the molecule is Cc1ccc(S(=O)(=O)Nc2ccc(C(=O)N/N=C\c3c(OC(=O)c4ccccc4)ccc4ccccc34)cc2)cc1. The van der Waals surface area contributed by atoms with E-state index in [0.29, 0.717) is 22.6 Å². The number of carbonyl (C=O) groups is 2. The Morgan fingerprint density at radius 2 is 1.44 bits per heavy atom. The lowest BCUT2D eigenvalue weighted by Gasteiger charge is -2.11. The van der Waals surface area contributed by atoms with Crippen LogP contribution in [-0.4, -0.2) is 26.5 Å². The summed E-state index contributed by atoms with van der Waals surface area (Å²) in [5.74, 6) is -0.726. The van der Waals surface area contributed by atoms with Crippen molar-refractivity contribution in [2.45, 2.75) is 11.8 Å². The molecule has 0 saturated carbocycles. The molecule has 0 aromatic heterocycles. The fourth-order valence-electron chi connectivity index (χ4n) is 4.07. The zero-order chi connectivity index (χ0) is 28.8. The predicted octanol–water partition coefficient (Wildman–Crippen LogP) is 5.93. The Morgan fingerprint density at radius 3 is 2.17 bits per heavy atom. The number of aryl methyl sites for hydroxylation is 1. The van der Waals surface area contributed by atoms with Crippen molar-refractivity contribution in [2.75, 3.05) is 4.72 Å². The minimum Gasteiger partial charge on any atom is -0.422 e. The maximum Gasteiger partial charge on any atom is 0.343 e. The first-order chi connectivity index (χ1) is 19.8. The van der Waals surface area contributed by atoms with Gasteiger partial charge in [-0.3, -0.25) is 9.52 Å². The summed E-state index contributed by atoms with van der Waals surface area (Å²) in [5.41, 5.74) is 4.93. The molecule has 204 valence electrons. The molecule has 9 heteroatoms. The summed E-state index contributed by atoms with van der Waals surface area (Å²) in [6, 6.07) is 32.2. The third-order valence-corrected chi connectivity index (χ3v) is 7.63. The minimum absolute atomic E-state index is 0.140. The summed E-state index contributed by atoms with van der Waals surface area (Å²) in [6.45, 7) is 1.87. The molecule has 5 aromatic rings. The van der Waals surface area contributed by atoms with E-state index in [1.807, 2.05) is 43.3 Å². The van der Waals surface area contributed by atoms with Gasteiger partial charge in [-0.15, -0.1) is 0 Å². The van der Waals surface area contributed by atoms with Crippen molar-refractivity contribution < 1.29 is 22.7 Å². The minimum atomic E-state index is -3.77. The number of benzene rings is 5. The van der Waals surface area contributed by atoms with Crippen molar-refractivity contribution in [3.05, 3.63) is 138 Å². The smallest absolute Gasteiger partial charge is 0.343 e. The average molecular weight is 564 g/mol. The lowest BCUT2D eigenvalue weighted by atomic mass is 10.0. The summed E-state index contributed by atoms with van der Waals surface area (Å²) in [4.78, 5) is 25.6. The molecule has 2 N–H and O–H groups in total. The number of hydrogen-bond donors (Lipinski definition) is 2. The number of carbonyl (C=O) groups excluding carboxylic acids is 2. The van der Waals surface area contributed by atoms with Crippen LogP contribution in [0.15, 0.2) is 125 Å². The van der Waals surface area contributed by atoms with Crippen LogP contribution < -0.4 is 14.9 Å². The van der Waals surface area contributed by atoms with E-state index in [4.69, 9.17) is 4.74 Å². The number of fused-ring (bicyclic) bond motifs is 1. The molecule has 8 nitrogen and oxygen atoms in total. The monoisotopic (exact) mass is 563 g/mol. The number of hydrazone groups is 1. The Hall–Kier alpha value is -5.28. The van der Waals surface area contributed by atoms with Gasteiger partial charge in [-0.05, 0) is 72.3 Å². The fraction of sp³-hybridized carbons (Fsp3) is 0.0312. The highest BCUT2D eigenvalue weighted by atomic mass is 32.2. The second-order valence-electron chi connectivity index (χ2n) is 9.15. The summed E-state index contributed by atoms with van der Waals surface area (Å²) >= 11 is 0. The third-order valence-electron chi connectivity index (χ3n) is 6.23. The molecule has 0 heterocycles. The lowest BCUT2D eigenvalue weighted by molar-refractivity contribution is 0.0734. The Labute approximate surface area is 237 Å². The van der Waals surface area contributed by atoms with Crippen LogP contribution in [0.3, 0.4) is 0 Å². The van der Waals surface area contributed by atoms with Crippen LogP contribution in [0.5, 0.6) is 5.75 Å². The Balaban J connectivity index is 1.31. The number of anilines is 1. The van der Waals surface area contributed by atoms with Gasteiger partial charge in [0, 0.05) is 16.8 Å². The number of nitrogens with zero attached hydrogens (tertiary/aromatic N) is 1. The largest absolute Gasteiger partial charge is 0.422 e. The van der Waals surface area contributed by atoms with Gasteiger partial charge in [0.2, 0.25) is 0 Å². The molecule has 0 radical (unpaired) electrons. The van der Waals surface area contributed by atoms with Crippen LogP contribution in [-0.2, 0) is 10.0 Å². The van der Waals surface area contributed by atoms with Gasteiger partial charge in [0.05, 0.1) is 16.7 Å². The van der Waals surface area contributed by atoms with Crippen LogP contribution in [0.1, 0.15) is 31.8 Å². The summed E-state index contributed by atoms with van der Waals surface area (Å²) < 4.78 is 33.4. The first-order valence-electron chi connectivity index (χ1n) is 12.6. The van der Waals surface area contributed by atoms with Gasteiger partial charge in [-0.1, -0.05) is 66.2 Å². The molecule has 0 spiro atoms. The topological polar surface area (TPSA) is 114 Å². The molecule has 0 aliphatic heterocycles. The first kappa shape index (κ1) is 27.3. The number of nitrogens with one attached hydrogen (secondary N) is 2. The van der Waals surface area contributed by atoms with Crippen LogP contribution in [0, 0.1) is 6.92 Å². The van der Waals surface area contributed by atoms with Crippen molar-refractivity contribution in [1.29, 1.82) is 0 Å². The molecule has 41 heavy (non-hydrogen) atoms. The van der Waals surface area contributed by atoms with Gasteiger partial charge in [0.1, 0.15) is 5.75 Å². The van der Waals surface area contributed by atoms with Gasteiger partial charge in [-0.25, -0.2) is 18.6 Å². The highest BCUT2D eigenvalue weighted by Crippen LogP contribution is 2.27. The van der Waals surface area contributed by atoms with E-state index in [-0.39, 0.29) is 10.5 Å². The average Bonchev–Trinajstić information content (AvgIpc) is 2.98. The van der Waals surface area contributed by atoms with Gasteiger partial charge >= 0.3 is 5.97 Å². The van der Waals surface area contributed by atoms with Crippen LogP contribution in [0.2, 0.25) is 0 Å². The lowest BCUT2D eigenvalue weighted by Crippen LogP contribution is -2.18. The Bertz CT molecular complexity index is 1850. The Kier molecular flexibility index (Phi) is 7.89. The van der Waals surface area contributed by atoms with Crippen LogP contribution in [0.25, 0.3) is 10.8 Å². The molecule has 5 rings (SSSR count). The first-order valence-corrected chi connectivity index (χ1v) is 14.1. The van der Waals surface area contributed by atoms with E-state index in [1.165, 1.54) is 42.6 Å². The predicted molar refractivity (Wildman–Crippen MR) is 159 cm³/mol. The number of sulfonamides is 1. The van der Waals surface area contributed by atoms with Crippen molar-refractivity contribution in [3.63, 3.8) is 0 Å². The molecule has 0 aliphatic rings. The Morgan fingerprint density at radius 1 is 0.756 bits per heavy atom. The molecule has 0 bridgehead atoms. The summed E-state index contributed by atoms with van der Waals surface area (Å²) in [6.07, 6.45) is 1.43. The number of hydrogen-bond acceptors (Lipinski definition) is 6. The number of esters is 1. The van der Waals surface area contributed by atoms with Gasteiger partial charge in [0.15, 0.2) is 0 Å². The van der Waals surface area contributed by atoms with Crippen LogP contribution in [0.4, 0.5) is 5.69 Å². The summed E-state index contributed by atoms with van der Waals surface area (Å²) in [5, 5.41) is 5.80. The highest BCUT2D eigenvalue weighted by molar-refractivity contribution is 7.92. The van der Waals surface area contributed by atoms with Crippen molar-refractivity contribution >= 4 is 44.6 Å². The van der Waals surface area contributed by atoms with E-state index < -0.39 is 21.9 Å². The van der Waals surface area contributed by atoms with E-state index in [9.17, 15) is 18.0 Å². The maximum absolute atomic E-state index is 12.7. The van der Waals surface area contributed by atoms with Crippen molar-refractivity contribution in [2.24, 2.45) is 5.10 Å². The van der Waals surface area contributed by atoms with Gasteiger partial charge in [-0.2, -0.15) is 5.10 Å². The molecule has 0 aliphatic carbocycles. The molecule has 0 fully saturated rings. The van der Waals surface area contributed by atoms with E-state index >= 15 is 0 Å². The standard InChI is InChI=1S/C32H25N3O5S/c1-22-11-18-27(19-12-22)41(38,39)35-26-16-13-24(14-17-26)31(36)34-33-21-29-28-10-6-5-7-23(28)15-20-30(29)40-32(37)25-8-3-2-4-9-25/h2-21,35H,1H3,(H,34,36)/b33-21-. The van der Waals surface area contributed by atoms with E-state index in [0.717, 1.165) is 16.3 Å². The zero-order valence-electron chi connectivity index (χ0n) is 21.9. The molecule has 0 atom stereocenters. The molecular weight excluding hydrogens is 538 g/mol. The van der Waals surface area contributed by atoms with E-state index in [2.05, 4.69) is 15.2 Å². The second kappa shape index (κ2) is 11.8. The molecule has 0 unspecified atom stereocenters. The zero-order valence-corrected chi connectivity index (χ0v) is 22.8. The number of ether oxygens (including phenoxy) is 1. The quantitative estimate of drug-likeness (QED) is 0.105. The van der Waals surface area contributed by atoms with Gasteiger partial charge in [0.25, 0.3) is 15.9 Å². The third kappa shape index (κ3) is 6.48. The summed E-state index contributed by atoms with van der Waals surface area (Å²) in [7, 11) is -3.77. The number of amides is 1. The van der Waals surface area contributed by atoms with E-state index in [1.54, 1.807) is 42.5 Å². The van der Waals surface area contributed by atoms with Crippen molar-refractivity contribution in [3.8, 4) is 5.75 Å². The number of rotatable bonds is 8. The van der Waals surface area contributed by atoms with Gasteiger partial charge < -0.3 is 4.74 Å². The van der Waals surface area contributed by atoms with Crippen molar-refractivity contribution in [1.82, 2.24) is 5.43 Å². The van der Waals surface area contributed by atoms with Crippen LogP contribution >= 0.6 is 0 Å². The fourth-order valence-corrected chi connectivity index (χ4v) is 5.13.